The standard InChI is InChI=1S/C26H23N3O4/c1-16(2)26(32)33-13-12-27-23(31)15-17-5-10-22(30)20(14-17)21-9-8-19-7-6-18-4-3-11-28-24(18)25(19)29-21/h3-11,14,30H,1,12-13,15H2,2H3,(H,27,31). The monoisotopic (exact) mass is 441 g/mol. The van der Waals surface area contributed by atoms with Gasteiger partial charge in [0.05, 0.1) is 29.7 Å². The van der Waals surface area contributed by atoms with E-state index >= 15 is 0 Å². The normalized spacial score (nSPS) is 10.8. The zero-order valence-electron chi connectivity index (χ0n) is 18.2. The fourth-order valence-electron chi connectivity index (χ4n) is 3.48. The molecule has 166 valence electrons. The molecule has 0 spiro atoms. The van der Waals surface area contributed by atoms with E-state index in [0.29, 0.717) is 16.8 Å². The van der Waals surface area contributed by atoms with Crippen molar-refractivity contribution >= 4 is 33.7 Å². The van der Waals surface area contributed by atoms with Crippen LogP contribution in [0.25, 0.3) is 33.1 Å². The van der Waals surface area contributed by atoms with Crippen molar-refractivity contribution in [1.29, 1.82) is 0 Å². The number of carbonyl (C=O) groups is 2. The maximum atomic E-state index is 12.3. The van der Waals surface area contributed by atoms with Crippen molar-refractivity contribution in [3.8, 4) is 17.0 Å². The summed E-state index contributed by atoms with van der Waals surface area (Å²) in [4.78, 5) is 32.9. The molecular weight excluding hydrogens is 418 g/mol. The van der Waals surface area contributed by atoms with E-state index in [1.54, 1.807) is 31.3 Å². The van der Waals surface area contributed by atoms with Crippen LogP contribution in [0.4, 0.5) is 0 Å². The van der Waals surface area contributed by atoms with Crippen LogP contribution in [0.3, 0.4) is 0 Å². The lowest BCUT2D eigenvalue weighted by Gasteiger charge is -2.10. The summed E-state index contributed by atoms with van der Waals surface area (Å²) in [6, 6.07) is 16.6. The first-order valence-corrected chi connectivity index (χ1v) is 10.5. The third-order valence-electron chi connectivity index (χ3n) is 5.14. The van der Waals surface area contributed by atoms with Crippen molar-refractivity contribution in [2.75, 3.05) is 13.2 Å². The van der Waals surface area contributed by atoms with Crippen molar-refractivity contribution in [3.63, 3.8) is 0 Å². The minimum Gasteiger partial charge on any atom is -0.507 e. The summed E-state index contributed by atoms with van der Waals surface area (Å²) in [6.07, 6.45) is 1.84. The molecule has 0 aliphatic carbocycles. The number of aromatic nitrogens is 2. The smallest absolute Gasteiger partial charge is 0.333 e. The van der Waals surface area contributed by atoms with Gasteiger partial charge in [-0.25, -0.2) is 9.78 Å². The molecule has 1 amide bonds. The molecule has 7 nitrogen and oxygen atoms in total. The second kappa shape index (κ2) is 9.48. The topological polar surface area (TPSA) is 101 Å². The van der Waals surface area contributed by atoms with E-state index in [1.165, 1.54) is 0 Å². The molecule has 0 unspecified atom stereocenters. The van der Waals surface area contributed by atoms with Crippen LogP contribution in [0, 0.1) is 0 Å². The van der Waals surface area contributed by atoms with E-state index in [2.05, 4.69) is 16.9 Å². The lowest BCUT2D eigenvalue weighted by atomic mass is 10.0. The Morgan fingerprint density at radius 3 is 2.61 bits per heavy atom. The van der Waals surface area contributed by atoms with Crippen molar-refractivity contribution in [3.05, 3.63) is 78.5 Å². The first-order chi connectivity index (χ1) is 15.9. The van der Waals surface area contributed by atoms with Crippen molar-refractivity contribution in [1.82, 2.24) is 15.3 Å². The molecule has 0 saturated carbocycles. The van der Waals surface area contributed by atoms with Crippen molar-refractivity contribution in [2.45, 2.75) is 13.3 Å². The molecule has 0 atom stereocenters. The molecule has 4 aromatic rings. The SMILES string of the molecule is C=C(C)C(=O)OCCNC(=O)Cc1ccc(O)c(-c2ccc3ccc4cccnc4c3n2)c1. The van der Waals surface area contributed by atoms with Crippen molar-refractivity contribution in [2.24, 2.45) is 0 Å². The third kappa shape index (κ3) is 4.98. The maximum absolute atomic E-state index is 12.3. The summed E-state index contributed by atoms with van der Waals surface area (Å²) < 4.78 is 4.96. The quantitative estimate of drug-likeness (QED) is 0.195. The van der Waals surface area contributed by atoms with E-state index in [1.807, 2.05) is 36.4 Å². The second-order valence-electron chi connectivity index (χ2n) is 7.70. The number of phenolic OH excluding ortho intramolecular Hbond substituents is 1. The minimum absolute atomic E-state index is 0.0707. The molecule has 0 aliphatic heterocycles. The summed E-state index contributed by atoms with van der Waals surface area (Å²) in [5.74, 6) is -0.635. The Morgan fingerprint density at radius 2 is 1.82 bits per heavy atom. The van der Waals surface area contributed by atoms with Crippen LogP contribution in [0.5, 0.6) is 5.75 Å². The molecule has 2 aromatic carbocycles. The highest BCUT2D eigenvalue weighted by Crippen LogP contribution is 2.31. The van der Waals surface area contributed by atoms with Gasteiger partial charge in [-0.05, 0) is 36.8 Å². The van der Waals surface area contributed by atoms with Gasteiger partial charge in [-0.3, -0.25) is 9.78 Å². The van der Waals surface area contributed by atoms with Crippen LogP contribution in [-0.2, 0) is 20.7 Å². The summed E-state index contributed by atoms with van der Waals surface area (Å²) in [5, 5.41) is 15.1. The third-order valence-corrected chi connectivity index (χ3v) is 5.14. The number of nitrogens with zero attached hydrogens (tertiary/aromatic N) is 2. The first kappa shape index (κ1) is 22.0. The van der Waals surface area contributed by atoms with E-state index in [0.717, 1.165) is 27.4 Å². The first-order valence-electron chi connectivity index (χ1n) is 10.5. The lowest BCUT2D eigenvalue weighted by molar-refractivity contribution is -0.139. The number of esters is 1. The van der Waals surface area contributed by atoms with Crippen LogP contribution < -0.4 is 5.32 Å². The number of phenols is 1. The average molecular weight is 441 g/mol. The largest absolute Gasteiger partial charge is 0.507 e. The highest BCUT2D eigenvalue weighted by Gasteiger charge is 2.12. The molecule has 0 fully saturated rings. The number of hydrogen-bond acceptors (Lipinski definition) is 6. The van der Waals surface area contributed by atoms with Gasteiger partial charge < -0.3 is 15.2 Å². The van der Waals surface area contributed by atoms with Gasteiger partial charge in [0.1, 0.15) is 12.4 Å². The molecule has 0 saturated heterocycles. The predicted octanol–water partition coefficient (Wildman–Crippen LogP) is 3.93. The molecule has 2 N–H and O–H groups in total. The highest BCUT2D eigenvalue weighted by atomic mass is 16.5. The number of pyridine rings is 2. The van der Waals surface area contributed by atoms with Gasteiger partial charge in [-0.2, -0.15) is 0 Å². The molecule has 7 heteroatoms. The number of amides is 1. The van der Waals surface area contributed by atoms with E-state index < -0.39 is 5.97 Å². The Morgan fingerprint density at radius 1 is 1.06 bits per heavy atom. The minimum atomic E-state index is -0.488. The van der Waals surface area contributed by atoms with Crippen LogP contribution in [-0.4, -0.2) is 40.1 Å². The van der Waals surface area contributed by atoms with Gasteiger partial charge in [-0.15, -0.1) is 0 Å². The highest BCUT2D eigenvalue weighted by molar-refractivity contribution is 6.03. The summed E-state index contributed by atoms with van der Waals surface area (Å²) in [6.45, 7) is 5.34. The predicted molar refractivity (Wildman–Crippen MR) is 127 cm³/mol. The second-order valence-corrected chi connectivity index (χ2v) is 7.70. The number of ether oxygens (including phenoxy) is 1. The molecule has 0 aliphatic rings. The number of benzene rings is 2. The lowest BCUT2D eigenvalue weighted by Crippen LogP contribution is -2.29. The van der Waals surface area contributed by atoms with Gasteiger partial charge in [-0.1, -0.05) is 36.9 Å². The Labute approximate surface area is 190 Å². The Kier molecular flexibility index (Phi) is 6.31. The zero-order valence-corrected chi connectivity index (χ0v) is 18.2. The van der Waals surface area contributed by atoms with Crippen LogP contribution in [0.1, 0.15) is 12.5 Å². The molecular formula is C26H23N3O4. The fraction of sp³-hybridized carbons (Fsp3) is 0.154. The fourth-order valence-corrected chi connectivity index (χ4v) is 3.48. The maximum Gasteiger partial charge on any atom is 0.333 e. The Hall–Kier alpha value is -4.26. The Bertz CT molecular complexity index is 1380. The number of fused-ring (bicyclic) bond motifs is 3. The number of carbonyl (C=O) groups excluding carboxylic acids is 2. The van der Waals surface area contributed by atoms with E-state index in [9.17, 15) is 14.7 Å². The molecule has 0 bridgehead atoms. The van der Waals surface area contributed by atoms with Crippen LogP contribution >= 0.6 is 0 Å². The van der Waals surface area contributed by atoms with Crippen LogP contribution in [0.2, 0.25) is 0 Å². The Balaban J connectivity index is 1.52. The van der Waals surface area contributed by atoms with Gasteiger partial charge in [0, 0.05) is 28.1 Å². The molecule has 0 radical (unpaired) electrons. The van der Waals surface area contributed by atoms with Gasteiger partial charge >= 0.3 is 5.97 Å². The summed E-state index contributed by atoms with van der Waals surface area (Å²) in [7, 11) is 0. The number of rotatable bonds is 7. The average Bonchev–Trinajstić information content (AvgIpc) is 2.82. The van der Waals surface area contributed by atoms with Gasteiger partial charge in [0.2, 0.25) is 5.91 Å². The molecule has 4 rings (SSSR count). The molecule has 33 heavy (non-hydrogen) atoms. The van der Waals surface area contributed by atoms with Crippen LogP contribution in [0.15, 0.2) is 72.9 Å². The summed E-state index contributed by atoms with van der Waals surface area (Å²) in [5.41, 5.74) is 3.69. The van der Waals surface area contributed by atoms with Gasteiger partial charge in [0.15, 0.2) is 0 Å². The van der Waals surface area contributed by atoms with Gasteiger partial charge in [0.25, 0.3) is 0 Å². The summed E-state index contributed by atoms with van der Waals surface area (Å²) >= 11 is 0. The van der Waals surface area contributed by atoms with E-state index in [4.69, 9.17) is 9.72 Å². The van der Waals surface area contributed by atoms with Crippen molar-refractivity contribution < 1.29 is 19.4 Å². The number of aromatic hydroxyl groups is 1. The number of hydrogen-bond donors (Lipinski definition) is 2. The number of nitrogens with one attached hydrogen (secondary N) is 1. The molecule has 2 aromatic heterocycles. The van der Waals surface area contributed by atoms with E-state index in [-0.39, 0.29) is 31.2 Å². The zero-order chi connectivity index (χ0) is 23.4. The molecule has 2 heterocycles.